The van der Waals surface area contributed by atoms with Crippen molar-refractivity contribution in [2.24, 2.45) is 0 Å². The van der Waals surface area contributed by atoms with Crippen molar-refractivity contribution >= 4 is 25.3 Å². The first-order chi connectivity index (χ1) is 14.4. The third kappa shape index (κ3) is 4.02. The monoisotopic (exact) mass is 421 g/mol. The summed E-state index contributed by atoms with van der Waals surface area (Å²) in [4.78, 5) is 11.9. The molecule has 1 unspecified atom stereocenters. The van der Waals surface area contributed by atoms with Gasteiger partial charge in [-0.25, -0.2) is 0 Å². The minimum Gasteiger partial charge on any atom is -0.384 e. The SMILES string of the molecule is C[Si](C)(C)CCOCn1c2c(c3c(C=O)ccc(C(O)c4ccccc4)c31)CCC2. The van der Waals surface area contributed by atoms with Gasteiger partial charge in [-0.3, -0.25) is 4.79 Å². The summed E-state index contributed by atoms with van der Waals surface area (Å²) in [6, 6.07) is 14.6. The number of aromatic nitrogens is 1. The second-order valence-electron chi connectivity index (χ2n) is 9.45. The number of rotatable bonds is 8. The van der Waals surface area contributed by atoms with Gasteiger partial charge in [0, 0.05) is 36.9 Å². The standard InChI is InChI=1S/C25H31NO3Si/c1-30(2,3)15-14-29-17-26-22-11-7-10-20(22)23-19(16-27)12-13-21(24(23)26)25(28)18-8-5-4-6-9-18/h4-6,8-9,12-13,16,25,28H,7,10-11,14-15,17H2,1-3H3. The van der Waals surface area contributed by atoms with Gasteiger partial charge in [0.15, 0.2) is 6.29 Å². The van der Waals surface area contributed by atoms with E-state index in [9.17, 15) is 9.90 Å². The number of hydrogen-bond donors (Lipinski definition) is 1. The van der Waals surface area contributed by atoms with E-state index in [1.165, 1.54) is 11.3 Å². The number of fused-ring (bicyclic) bond motifs is 3. The largest absolute Gasteiger partial charge is 0.384 e. The number of hydrogen-bond acceptors (Lipinski definition) is 3. The molecule has 1 aliphatic carbocycles. The molecule has 0 amide bonds. The van der Waals surface area contributed by atoms with Gasteiger partial charge in [0.2, 0.25) is 0 Å². The Kier molecular flexibility index (Phi) is 5.96. The zero-order chi connectivity index (χ0) is 21.3. The summed E-state index contributed by atoms with van der Waals surface area (Å²) < 4.78 is 8.35. The van der Waals surface area contributed by atoms with Crippen molar-refractivity contribution in [1.82, 2.24) is 4.57 Å². The zero-order valence-corrected chi connectivity index (χ0v) is 19.1. The number of aryl methyl sites for hydroxylation is 1. The molecule has 0 spiro atoms. The van der Waals surface area contributed by atoms with E-state index >= 15 is 0 Å². The van der Waals surface area contributed by atoms with E-state index in [2.05, 4.69) is 24.2 Å². The van der Waals surface area contributed by atoms with E-state index in [-0.39, 0.29) is 0 Å². The highest BCUT2D eigenvalue weighted by Crippen LogP contribution is 2.39. The van der Waals surface area contributed by atoms with Crippen LogP contribution in [0.15, 0.2) is 42.5 Å². The molecule has 2 aromatic carbocycles. The quantitative estimate of drug-likeness (QED) is 0.304. The van der Waals surface area contributed by atoms with Gasteiger partial charge in [-0.15, -0.1) is 0 Å². The molecule has 1 aliphatic rings. The van der Waals surface area contributed by atoms with Crippen LogP contribution in [0.1, 0.15) is 45.3 Å². The van der Waals surface area contributed by atoms with Crippen LogP contribution in [0.2, 0.25) is 25.7 Å². The molecule has 0 bridgehead atoms. The van der Waals surface area contributed by atoms with Crippen LogP contribution in [-0.4, -0.2) is 30.6 Å². The van der Waals surface area contributed by atoms with Crippen molar-refractivity contribution in [1.29, 1.82) is 0 Å². The lowest BCUT2D eigenvalue weighted by Gasteiger charge is -2.19. The molecule has 0 saturated carbocycles. The molecule has 3 aromatic rings. The summed E-state index contributed by atoms with van der Waals surface area (Å²) in [7, 11) is -1.16. The normalized spacial score (nSPS) is 14.8. The third-order valence-corrected chi connectivity index (χ3v) is 7.79. The molecule has 0 fully saturated rings. The van der Waals surface area contributed by atoms with Crippen LogP contribution in [0.5, 0.6) is 0 Å². The molecule has 1 aromatic heterocycles. The summed E-state index contributed by atoms with van der Waals surface area (Å²) >= 11 is 0. The molecular formula is C25H31NO3Si. The summed E-state index contributed by atoms with van der Waals surface area (Å²) in [5, 5.41) is 12.2. The molecule has 1 atom stereocenters. The highest BCUT2D eigenvalue weighted by molar-refractivity contribution is 6.76. The molecule has 30 heavy (non-hydrogen) atoms. The number of aliphatic hydroxyl groups excluding tert-OH is 1. The Bertz CT molecular complexity index is 1050. The Morgan fingerprint density at radius 1 is 1.13 bits per heavy atom. The number of carbonyl (C=O) groups is 1. The second kappa shape index (κ2) is 8.50. The van der Waals surface area contributed by atoms with Gasteiger partial charge < -0.3 is 14.4 Å². The Hall–Kier alpha value is -2.21. The fourth-order valence-electron chi connectivity index (χ4n) is 4.47. The van der Waals surface area contributed by atoms with Gasteiger partial charge in [0.05, 0.1) is 5.52 Å². The molecule has 0 saturated heterocycles. The maximum atomic E-state index is 11.9. The maximum absolute atomic E-state index is 11.9. The Balaban J connectivity index is 1.80. The van der Waals surface area contributed by atoms with Crippen LogP contribution in [0.4, 0.5) is 0 Å². The first-order valence-corrected chi connectivity index (χ1v) is 14.5. The molecule has 1 N–H and O–H groups in total. The van der Waals surface area contributed by atoms with Gasteiger partial charge in [-0.2, -0.15) is 0 Å². The number of carbonyl (C=O) groups excluding carboxylic acids is 1. The van der Waals surface area contributed by atoms with Crippen LogP contribution in [0.25, 0.3) is 10.9 Å². The fourth-order valence-corrected chi connectivity index (χ4v) is 5.23. The lowest BCUT2D eigenvalue weighted by atomic mass is 9.96. The van der Waals surface area contributed by atoms with E-state index in [1.807, 2.05) is 42.5 Å². The van der Waals surface area contributed by atoms with Crippen LogP contribution in [0, 0.1) is 0 Å². The number of aliphatic hydroxyl groups is 1. The molecule has 5 heteroatoms. The zero-order valence-electron chi connectivity index (χ0n) is 18.1. The average molecular weight is 422 g/mol. The average Bonchev–Trinajstić information content (AvgIpc) is 3.32. The van der Waals surface area contributed by atoms with Crippen molar-refractivity contribution in [2.45, 2.75) is 57.8 Å². The predicted octanol–water partition coefficient (Wildman–Crippen LogP) is 5.34. The molecule has 1 heterocycles. The Morgan fingerprint density at radius 2 is 1.90 bits per heavy atom. The van der Waals surface area contributed by atoms with Crippen molar-refractivity contribution < 1.29 is 14.6 Å². The molecule has 158 valence electrons. The molecule has 0 radical (unpaired) electrons. The first kappa shape index (κ1) is 21.0. The van der Waals surface area contributed by atoms with E-state index < -0.39 is 14.2 Å². The Labute approximate surface area is 179 Å². The minimum absolute atomic E-state index is 0.465. The summed E-state index contributed by atoms with van der Waals surface area (Å²) in [5.41, 5.74) is 5.86. The van der Waals surface area contributed by atoms with Crippen LogP contribution in [-0.2, 0) is 24.3 Å². The van der Waals surface area contributed by atoms with E-state index in [1.54, 1.807) is 0 Å². The van der Waals surface area contributed by atoms with Crippen LogP contribution >= 0.6 is 0 Å². The van der Waals surface area contributed by atoms with Gasteiger partial charge in [-0.1, -0.05) is 62.1 Å². The minimum atomic E-state index is -1.16. The highest BCUT2D eigenvalue weighted by atomic mass is 28.3. The second-order valence-corrected chi connectivity index (χ2v) is 15.1. The predicted molar refractivity (Wildman–Crippen MR) is 124 cm³/mol. The van der Waals surface area contributed by atoms with Crippen molar-refractivity contribution in [3.05, 3.63) is 70.4 Å². The number of aldehydes is 1. The molecule has 4 nitrogen and oxygen atoms in total. The number of benzene rings is 2. The third-order valence-electron chi connectivity index (χ3n) is 6.08. The van der Waals surface area contributed by atoms with Gasteiger partial charge in [0.25, 0.3) is 0 Å². The lowest BCUT2D eigenvalue weighted by Crippen LogP contribution is -2.22. The molecular weight excluding hydrogens is 390 g/mol. The highest BCUT2D eigenvalue weighted by Gasteiger charge is 2.27. The molecule has 4 rings (SSSR count). The summed E-state index contributed by atoms with van der Waals surface area (Å²) in [5.74, 6) is 0. The van der Waals surface area contributed by atoms with Crippen molar-refractivity contribution in [2.75, 3.05) is 6.61 Å². The van der Waals surface area contributed by atoms with Crippen LogP contribution < -0.4 is 0 Å². The summed E-state index contributed by atoms with van der Waals surface area (Å²) in [6.45, 7) is 8.26. The van der Waals surface area contributed by atoms with Crippen molar-refractivity contribution in [3.63, 3.8) is 0 Å². The van der Waals surface area contributed by atoms with E-state index in [0.29, 0.717) is 12.3 Å². The van der Waals surface area contributed by atoms with Gasteiger partial charge >= 0.3 is 0 Å². The Morgan fingerprint density at radius 3 is 2.60 bits per heavy atom. The van der Waals surface area contributed by atoms with Crippen molar-refractivity contribution in [3.8, 4) is 0 Å². The lowest BCUT2D eigenvalue weighted by molar-refractivity contribution is 0.0882. The fraction of sp³-hybridized carbons (Fsp3) is 0.400. The van der Waals surface area contributed by atoms with E-state index in [0.717, 1.165) is 60.2 Å². The van der Waals surface area contributed by atoms with E-state index in [4.69, 9.17) is 4.74 Å². The van der Waals surface area contributed by atoms with Crippen LogP contribution in [0.3, 0.4) is 0 Å². The number of nitrogens with zero attached hydrogens (tertiary/aromatic N) is 1. The smallest absolute Gasteiger partial charge is 0.150 e. The molecule has 0 aliphatic heterocycles. The van der Waals surface area contributed by atoms with Gasteiger partial charge in [-0.05, 0) is 36.4 Å². The first-order valence-electron chi connectivity index (χ1n) is 10.8. The number of ether oxygens (including phenoxy) is 1. The maximum Gasteiger partial charge on any atom is 0.150 e. The summed E-state index contributed by atoms with van der Waals surface area (Å²) in [6.07, 6.45) is 3.25. The van der Waals surface area contributed by atoms with Gasteiger partial charge in [0.1, 0.15) is 12.8 Å². The topological polar surface area (TPSA) is 51.5 Å².